The number of fused-ring (bicyclic) bond motifs is 1. The fraction of sp³-hybridized carbons (Fsp3) is 0.690. The molecule has 2 atom stereocenters. The fourth-order valence-electron chi connectivity index (χ4n) is 7.60. The van der Waals surface area contributed by atoms with E-state index in [0.717, 1.165) is 28.9 Å². The molecule has 3 fully saturated rings. The van der Waals surface area contributed by atoms with Crippen LogP contribution in [0.2, 0.25) is 5.02 Å². The van der Waals surface area contributed by atoms with E-state index in [4.69, 9.17) is 16.6 Å². The molecule has 5 rings (SSSR count). The highest BCUT2D eigenvalue weighted by molar-refractivity contribution is 6.31. The number of hydrogen-bond acceptors (Lipinski definition) is 3. The van der Waals surface area contributed by atoms with Crippen LogP contribution in [-0.4, -0.2) is 25.1 Å². The van der Waals surface area contributed by atoms with Gasteiger partial charge in [0.25, 0.3) is 0 Å². The number of pyridine rings is 1. The second kappa shape index (κ2) is 10.5. The average Bonchev–Trinajstić information content (AvgIpc) is 3.41. The highest BCUT2D eigenvalue weighted by Crippen LogP contribution is 2.52. The molecule has 3 aliphatic rings. The third-order valence-corrected chi connectivity index (χ3v) is 9.52. The summed E-state index contributed by atoms with van der Waals surface area (Å²) in [5, 5.41) is 9.59. The first-order chi connectivity index (χ1) is 16.2. The van der Waals surface area contributed by atoms with Gasteiger partial charge in [0, 0.05) is 40.8 Å². The Balaban J connectivity index is 1.41. The van der Waals surface area contributed by atoms with Gasteiger partial charge < -0.3 is 10.6 Å². The van der Waals surface area contributed by atoms with Gasteiger partial charge >= 0.3 is 0 Å². The molecule has 3 nitrogen and oxygen atoms in total. The van der Waals surface area contributed by atoms with Gasteiger partial charge in [-0.05, 0) is 87.1 Å². The van der Waals surface area contributed by atoms with Crippen molar-refractivity contribution in [1.29, 1.82) is 0 Å². The van der Waals surface area contributed by atoms with Gasteiger partial charge in [-0.3, -0.25) is 4.98 Å². The van der Waals surface area contributed by atoms with E-state index in [2.05, 4.69) is 29.8 Å². The van der Waals surface area contributed by atoms with Gasteiger partial charge in [0.2, 0.25) is 0 Å². The number of benzene rings is 1. The summed E-state index contributed by atoms with van der Waals surface area (Å²) in [4.78, 5) is 5.07. The molecule has 1 aromatic heterocycles. The van der Waals surface area contributed by atoms with Gasteiger partial charge in [-0.1, -0.05) is 56.5 Å². The van der Waals surface area contributed by atoms with E-state index in [9.17, 15) is 0 Å². The molecule has 33 heavy (non-hydrogen) atoms. The first kappa shape index (κ1) is 23.4. The SMILES string of the molecule is CNCC1(C2CCCCCC2)CCCC1CNc1cc(C2CCCC2)nc2cc(Cl)ccc12. The second-order valence-corrected chi connectivity index (χ2v) is 11.6. The lowest BCUT2D eigenvalue weighted by molar-refractivity contribution is 0.0920. The van der Waals surface area contributed by atoms with Crippen LogP contribution in [0.3, 0.4) is 0 Å². The third-order valence-electron chi connectivity index (χ3n) is 9.29. The number of halogens is 1. The lowest BCUT2D eigenvalue weighted by Gasteiger charge is -2.43. The summed E-state index contributed by atoms with van der Waals surface area (Å²) < 4.78 is 0. The molecular weight excluding hydrogens is 426 g/mol. The molecule has 0 bridgehead atoms. The summed E-state index contributed by atoms with van der Waals surface area (Å²) in [6.07, 6.45) is 17.9. The number of aromatic nitrogens is 1. The summed E-state index contributed by atoms with van der Waals surface area (Å²) in [5.74, 6) is 2.22. The molecule has 1 heterocycles. The van der Waals surface area contributed by atoms with Gasteiger partial charge in [-0.25, -0.2) is 0 Å². The number of nitrogens with one attached hydrogen (secondary N) is 2. The summed E-state index contributed by atoms with van der Waals surface area (Å²) in [7, 11) is 2.16. The van der Waals surface area contributed by atoms with Gasteiger partial charge in [0.15, 0.2) is 0 Å². The molecule has 3 saturated carbocycles. The van der Waals surface area contributed by atoms with Crippen LogP contribution in [-0.2, 0) is 0 Å². The standard InChI is InChI=1S/C29H42ClN3/c1-31-20-29(22-11-4-2-3-5-12-22)16-8-13-23(29)19-32-27-18-26(21-9-6-7-10-21)33-28-17-24(30)14-15-25(27)28/h14-15,17-18,21-23,31H,2-13,16,19-20H2,1H3,(H,32,33). The lowest BCUT2D eigenvalue weighted by atomic mass is 9.65. The monoisotopic (exact) mass is 467 g/mol. The van der Waals surface area contributed by atoms with Crippen molar-refractivity contribution in [1.82, 2.24) is 10.3 Å². The molecule has 2 N–H and O–H groups in total. The van der Waals surface area contributed by atoms with Crippen molar-refractivity contribution in [2.45, 2.75) is 89.4 Å². The molecule has 0 saturated heterocycles. The Bertz CT molecular complexity index is 930. The largest absolute Gasteiger partial charge is 0.384 e. The van der Waals surface area contributed by atoms with Crippen LogP contribution >= 0.6 is 11.6 Å². The Morgan fingerprint density at radius 2 is 1.70 bits per heavy atom. The predicted molar refractivity (Wildman–Crippen MR) is 141 cm³/mol. The van der Waals surface area contributed by atoms with E-state index in [0.29, 0.717) is 11.3 Å². The van der Waals surface area contributed by atoms with Crippen LogP contribution < -0.4 is 10.6 Å². The first-order valence-corrected chi connectivity index (χ1v) is 14.1. The minimum atomic E-state index is 0.451. The average molecular weight is 468 g/mol. The normalized spacial score (nSPS) is 27.3. The molecule has 4 heteroatoms. The van der Waals surface area contributed by atoms with Crippen molar-refractivity contribution in [2.24, 2.45) is 17.3 Å². The van der Waals surface area contributed by atoms with Gasteiger partial charge in [-0.15, -0.1) is 0 Å². The van der Waals surface area contributed by atoms with Crippen LogP contribution in [0.15, 0.2) is 24.3 Å². The zero-order chi connectivity index (χ0) is 22.7. The van der Waals surface area contributed by atoms with Crippen LogP contribution in [0.4, 0.5) is 5.69 Å². The molecule has 180 valence electrons. The molecule has 2 unspecified atom stereocenters. The Labute approximate surface area is 205 Å². The number of rotatable bonds is 7. The van der Waals surface area contributed by atoms with E-state index in [1.807, 2.05) is 12.1 Å². The molecule has 0 radical (unpaired) electrons. The van der Waals surface area contributed by atoms with Crippen molar-refractivity contribution in [3.05, 3.63) is 35.0 Å². The lowest BCUT2D eigenvalue weighted by Crippen LogP contribution is -2.44. The summed E-state index contributed by atoms with van der Waals surface area (Å²) in [6, 6.07) is 8.59. The molecule has 1 aromatic carbocycles. The maximum absolute atomic E-state index is 6.37. The highest BCUT2D eigenvalue weighted by atomic mass is 35.5. The Morgan fingerprint density at radius 1 is 0.939 bits per heavy atom. The molecule has 0 aliphatic heterocycles. The number of anilines is 1. The van der Waals surface area contributed by atoms with E-state index in [1.165, 1.54) is 107 Å². The molecular formula is C29H42ClN3. The maximum Gasteiger partial charge on any atom is 0.0741 e. The fourth-order valence-corrected chi connectivity index (χ4v) is 7.77. The minimum Gasteiger partial charge on any atom is -0.384 e. The summed E-state index contributed by atoms with van der Waals surface area (Å²) in [5.41, 5.74) is 4.03. The number of nitrogens with zero attached hydrogens (tertiary/aromatic N) is 1. The highest BCUT2D eigenvalue weighted by Gasteiger charge is 2.47. The smallest absolute Gasteiger partial charge is 0.0741 e. The van der Waals surface area contributed by atoms with Crippen LogP contribution in [0.1, 0.15) is 95.1 Å². The van der Waals surface area contributed by atoms with Gasteiger partial charge in [0.05, 0.1) is 5.52 Å². The number of hydrogen-bond donors (Lipinski definition) is 2. The zero-order valence-corrected chi connectivity index (χ0v) is 21.2. The van der Waals surface area contributed by atoms with E-state index in [1.54, 1.807) is 0 Å². The van der Waals surface area contributed by atoms with Crippen LogP contribution in [0.25, 0.3) is 10.9 Å². The van der Waals surface area contributed by atoms with Crippen molar-refractivity contribution in [2.75, 3.05) is 25.5 Å². The van der Waals surface area contributed by atoms with Crippen molar-refractivity contribution in [3.63, 3.8) is 0 Å². The Hall–Kier alpha value is -1.32. The van der Waals surface area contributed by atoms with Crippen molar-refractivity contribution >= 4 is 28.2 Å². The topological polar surface area (TPSA) is 37.0 Å². The maximum atomic E-state index is 6.37. The zero-order valence-electron chi connectivity index (χ0n) is 20.5. The Morgan fingerprint density at radius 3 is 2.45 bits per heavy atom. The van der Waals surface area contributed by atoms with Gasteiger partial charge in [0.1, 0.15) is 0 Å². The van der Waals surface area contributed by atoms with E-state index < -0.39 is 0 Å². The summed E-state index contributed by atoms with van der Waals surface area (Å²) in [6.45, 7) is 2.24. The van der Waals surface area contributed by atoms with E-state index in [-0.39, 0.29) is 0 Å². The Kier molecular flexibility index (Phi) is 7.47. The molecule has 2 aromatic rings. The molecule has 3 aliphatic carbocycles. The molecule has 0 spiro atoms. The summed E-state index contributed by atoms with van der Waals surface area (Å²) >= 11 is 6.37. The van der Waals surface area contributed by atoms with Gasteiger partial charge in [-0.2, -0.15) is 0 Å². The van der Waals surface area contributed by atoms with Crippen molar-refractivity contribution < 1.29 is 0 Å². The second-order valence-electron chi connectivity index (χ2n) is 11.2. The molecule has 0 amide bonds. The third kappa shape index (κ3) is 4.91. The minimum absolute atomic E-state index is 0.451. The van der Waals surface area contributed by atoms with Crippen LogP contribution in [0, 0.1) is 17.3 Å². The van der Waals surface area contributed by atoms with Crippen molar-refractivity contribution in [3.8, 4) is 0 Å². The van der Waals surface area contributed by atoms with E-state index >= 15 is 0 Å². The van der Waals surface area contributed by atoms with Crippen LogP contribution in [0.5, 0.6) is 0 Å². The quantitative estimate of drug-likeness (QED) is 0.406. The predicted octanol–water partition coefficient (Wildman–Crippen LogP) is 7.93. The first-order valence-electron chi connectivity index (χ1n) is 13.7.